The summed E-state index contributed by atoms with van der Waals surface area (Å²) in [5.41, 5.74) is 2.77. The van der Waals surface area contributed by atoms with Crippen LogP contribution in [0.2, 0.25) is 5.02 Å². The van der Waals surface area contributed by atoms with Gasteiger partial charge in [-0.15, -0.1) is 0 Å². The number of halogens is 1. The van der Waals surface area contributed by atoms with E-state index >= 15 is 0 Å². The van der Waals surface area contributed by atoms with Crippen molar-refractivity contribution in [1.29, 1.82) is 0 Å². The SMILES string of the molecule is Cc1cccc(OCc2ccc(C(=O)Nc3cccc(Cn4cc(Cl)cn4)c3)o2)c1. The zero-order valence-electron chi connectivity index (χ0n) is 16.3. The van der Waals surface area contributed by atoms with E-state index in [-0.39, 0.29) is 18.3 Å². The highest BCUT2D eigenvalue weighted by atomic mass is 35.5. The molecule has 0 aliphatic rings. The Kier molecular flexibility index (Phi) is 5.86. The normalized spacial score (nSPS) is 10.7. The molecule has 0 atom stereocenters. The third-order valence-corrected chi connectivity index (χ3v) is 4.58. The minimum atomic E-state index is -0.323. The first kappa shape index (κ1) is 19.8. The molecule has 0 radical (unpaired) electrons. The molecule has 4 aromatic rings. The molecule has 2 aromatic carbocycles. The van der Waals surface area contributed by atoms with E-state index in [1.165, 1.54) is 0 Å². The van der Waals surface area contributed by atoms with E-state index in [1.807, 2.05) is 55.5 Å². The van der Waals surface area contributed by atoms with Gasteiger partial charge in [-0.1, -0.05) is 35.9 Å². The lowest BCUT2D eigenvalue weighted by Gasteiger charge is -2.07. The minimum Gasteiger partial charge on any atom is -0.486 e. The van der Waals surface area contributed by atoms with Gasteiger partial charge in [0.15, 0.2) is 5.76 Å². The van der Waals surface area contributed by atoms with Crippen LogP contribution in [-0.4, -0.2) is 15.7 Å². The molecule has 6 nitrogen and oxygen atoms in total. The van der Waals surface area contributed by atoms with E-state index in [9.17, 15) is 4.79 Å². The zero-order valence-corrected chi connectivity index (χ0v) is 17.1. The van der Waals surface area contributed by atoms with Crippen LogP contribution in [0.25, 0.3) is 0 Å². The average molecular weight is 422 g/mol. The number of benzene rings is 2. The second-order valence-electron chi connectivity index (χ2n) is 6.88. The maximum absolute atomic E-state index is 12.5. The van der Waals surface area contributed by atoms with E-state index in [0.717, 1.165) is 16.9 Å². The van der Waals surface area contributed by atoms with Gasteiger partial charge < -0.3 is 14.5 Å². The van der Waals surface area contributed by atoms with E-state index in [1.54, 1.807) is 29.2 Å². The Morgan fingerprint density at radius 3 is 2.83 bits per heavy atom. The van der Waals surface area contributed by atoms with E-state index in [0.29, 0.717) is 23.0 Å². The van der Waals surface area contributed by atoms with Gasteiger partial charge in [-0.05, 0) is 54.4 Å². The number of amides is 1. The Morgan fingerprint density at radius 2 is 2.03 bits per heavy atom. The summed E-state index contributed by atoms with van der Waals surface area (Å²) in [6.45, 7) is 2.80. The van der Waals surface area contributed by atoms with Gasteiger partial charge in [-0.3, -0.25) is 9.48 Å². The molecule has 2 heterocycles. The highest BCUT2D eigenvalue weighted by molar-refractivity contribution is 6.30. The molecule has 0 saturated carbocycles. The van der Waals surface area contributed by atoms with Gasteiger partial charge in [0.1, 0.15) is 18.1 Å². The van der Waals surface area contributed by atoms with E-state index in [2.05, 4.69) is 10.4 Å². The van der Waals surface area contributed by atoms with Crippen LogP contribution in [0, 0.1) is 6.92 Å². The summed E-state index contributed by atoms with van der Waals surface area (Å²) in [6, 6.07) is 18.7. The first-order valence-electron chi connectivity index (χ1n) is 9.41. The number of ether oxygens (including phenoxy) is 1. The number of carbonyl (C=O) groups is 1. The monoisotopic (exact) mass is 421 g/mol. The van der Waals surface area contributed by atoms with Gasteiger partial charge in [0.25, 0.3) is 5.91 Å². The zero-order chi connectivity index (χ0) is 20.9. The molecule has 1 amide bonds. The van der Waals surface area contributed by atoms with E-state index < -0.39 is 0 Å². The van der Waals surface area contributed by atoms with Crippen LogP contribution in [0.4, 0.5) is 5.69 Å². The number of aryl methyl sites for hydroxylation is 1. The molecule has 2 aromatic heterocycles. The molecule has 30 heavy (non-hydrogen) atoms. The lowest BCUT2D eigenvalue weighted by Crippen LogP contribution is -2.11. The van der Waals surface area contributed by atoms with Crippen LogP contribution in [0.3, 0.4) is 0 Å². The number of hydrogen-bond acceptors (Lipinski definition) is 4. The number of rotatable bonds is 7. The molecular weight excluding hydrogens is 402 g/mol. The number of furan rings is 1. The highest BCUT2D eigenvalue weighted by Gasteiger charge is 2.12. The maximum atomic E-state index is 12.5. The Morgan fingerprint density at radius 1 is 1.17 bits per heavy atom. The number of nitrogens with zero attached hydrogens (tertiary/aromatic N) is 2. The number of carbonyl (C=O) groups excluding carboxylic acids is 1. The quantitative estimate of drug-likeness (QED) is 0.438. The van der Waals surface area contributed by atoms with Crippen LogP contribution >= 0.6 is 11.6 Å². The van der Waals surface area contributed by atoms with Crippen molar-refractivity contribution in [1.82, 2.24) is 9.78 Å². The fourth-order valence-corrected chi connectivity index (χ4v) is 3.15. The summed E-state index contributed by atoms with van der Waals surface area (Å²) in [5, 5.41) is 7.60. The second-order valence-corrected chi connectivity index (χ2v) is 7.32. The van der Waals surface area contributed by atoms with Crippen LogP contribution in [0.5, 0.6) is 5.75 Å². The summed E-state index contributed by atoms with van der Waals surface area (Å²) >= 11 is 5.90. The molecule has 1 N–H and O–H groups in total. The fourth-order valence-electron chi connectivity index (χ4n) is 2.99. The standard InChI is InChI=1S/C23H20ClN3O3/c1-16-4-2-7-20(10-16)29-15-21-8-9-22(30-21)23(28)26-19-6-3-5-17(11-19)13-27-14-18(24)12-25-27/h2-12,14H,13,15H2,1H3,(H,26,28). The lowest BCUT2D eigenvalue weighted by molar-refractivity contribution is 0.0992. The summed E-state index contributed by atoms with van der Waals surface area (Å²) in [4.78, 5) is 12.5. The van der Waals surface area contributed by atoms with Crippen molar-refractivity contribution in [2.24, 2.45) is 0 Å². The number of nitrogens with one attached hydrogen (secondary N) is 1. The van der Waals surface area contributed by atoms with Gasteiger partial charge in [-0.25, -0.2) is 0 Å². The van der Waals surface area contributed by atoms with Crippen molar-refractivity contribution in [2.45, 2.75) is 20.1 Å². The predicted octanol–water partition coefficient (Wildman–Crippen LogP) is 5.32. The smallest absolute Gasteiger partial charge is 0.291 e. The molecule has 0 saturated heterocycles. The molecule has 7 heteroatoms. The van der Waals surface area contributed by atoms with Crippen LogP contribution in [0.15, 0.2) is 77.5 Å². The lowest BCUT2D eigenvalue weighted by atomic mass is 10.2. The fraction of sp³-hybridized carbons (Fsp3) is 0.130. The number of aromatic nitrogens is 2. The third-order valence-electron chi connectivity index (χ3n) is 4.39. The molecule has 0 aliphatic carbocycles. The van der Waals surface area contributed by atoms with Crippen LogP contribution < -0.4 is 10.1 Å². The molecule has 0 fully saturated rings. The Hall–Kier alpha value is -3.51. The van der Waals surface area contributed by atoms with Gasteiger partial charge >= 0.3 is 0 Å². The molecule has 152 valence electrons. The van der Waals surface area contributed by atoms with Gasteiger partial charge in [0, 0.05) is 11.9 Å². The van der Waals surface area contributed by atoms with Crippen molar-refractivity contribution < 1.29 is 13.9 Å². The molecule has 0 aliphatic heterocycles. The van der Waals surface area contributed by atoms with Gasteiger partial charge in [0.2, 0.25) is 0 Å². The van der Waals surface area contributed by atoms with Crippen LogP contribution in [-0.2, 0) is 13.2 Å². The highest BCUT2D eigenvalue weighted by Crippen LogP contribution is 2.18. The van der Waals surface area contributed by atoms with Gasteiger partial charge in [-0.2, -0.15) is 5.10 Å². The maximum Gasteiger partial charge on any atom is 0.291 e. The molecule has 4 rings (SSSR count). The summed E-state index contributed by atoms with van der Waals surface area (Å²) < 4.78 is 13.1. The predicted molar refractivity (Wildman–Crippen MR) is 115 cm³/mol. The van der Waals surface area contributed by atoms with Crippen molar-refractivity contribution in [3.8, 4) is 5.75 Å². The molecule has 0 bridgehead atoms. The van der Waals surface area contributed by atoms with Crippen molar-refractivity contribution in [2.75, 3.05) is 5.32 Å². The van der Waals surface area contributed by atoms with Crippen molar-refractivity contribution in [3.63, 3.8) is 0 Å². The number of hydrogen-bond donors (Lipinski definition) is 1. The molecular formula is C23H20ClN3O3. The largest absolute Gasteiger partial charge is 0.486 e. The Labute approximate surface area is 179 Å². The summed E-state index contributed by atoms with van der Waals surface area (Å²) in [7, 11) is 0. The summed E-state index contributed by atoms with van der Waals surface area (Å²) in [6.07, 6.45) is 3.33. The van der Waals surface area contributed by atoms with Crippen LogP contribution in [0.1, 0.15) is 27.4 Å². The van der Waals surface area contributed by atoms with Crippen molar-refractivity contribution >= 4 is 23.2 Å². The topological polar surface area (TPSA) is 69.3 Å². The minimum absolute atomic E-state index is 0.224. The third kappa shape index (κ3) is 5.10. The second kappa shape index (κ2) is 8.88. The summed E-state index contributed by atoms with van der Waals surface area (Å²) in [5.74, 6) is 1.23. The van der Waals surface area contributed by atoms with E-state index in [4.69, 9.17) is 20.8 Å². The molecule has 0 unspecified atom stereocenters. The van der Waals surface area contributed by atoms with Gasteiger partial charge in [0.05, 0.1) is 17.8 Å². The average Bonchev–Trinajstić information content (AvgIpc) is 3.36. The first-order valence-corrected chi connectivity index (χ1v) is 9.79. The van der Waals surface area contributed by atoms with Crippen molar-refractivity contribution in [3.05, 3.63) is 101 Å². The first-order chi connectivity index (χ1) is 14.5. The number of anilines is 1. The molecule has 0 spiro atoms. The Balaban J connectivity index is 1.36. The Bertz CT molecular complexity index is 1170.